The number of carbonyl (C=O) groups excluding carboxylic acids is 1. The Balaban J connectivity index is 2.02. The third-order valence-electron chi connectivity index (χ3n) is 3.45. The van der Waals surface area contributed by atoms with Crippen LogP contribution in [0, 0.1) is 11.3 Å². The molecule has 1 atom stereocenters. The number of nitrogens with one attached hydrogen (secondary N) is 1. The van der Waals surface area contributed by atoms with E-state index in [1.54, 1.807) is 6.07 Å². The maximum Gasteiger partial charge on any atom is 0.250 e. The second-order valence-electron chi connectivity index (χ2n) is 5.29. The van der Waals surface area contributed by atoms with E-state index in [2.05, 4.69) is 24.1 Å². The minimum atomic E-state index is -0.528. The van der Waals surface area contributed by atoms with E-state index >= 15 is 0 Å². The first-order chi connectivity index (χ1) is 7.90. The molecule has 2 rings (SSSR count). The number of anilines is 2. The number of nitrogen functional groups attached to an aromatic ring is 1. The summed E-state index contributed by atoms with van der Waals surface area (Å²) >= 11 is 0. The molecule has 17 heavy (non-hydrogen) atoms. The van der Waals surface area contributed by atoms with Gasteiger partial charge < -0.3 is 16.8 Å². The quantitative estimate of drug-likeness (QED) is 0.730. The van der Waals surface area contributed by atoms with Crippen LogP contribution in [-0.2, 0) is 0 Å². The van der Waals surface area contributed by atoms with Crippen molar-refractivity contribution in [3.05, 3.63) is 17.8 Å². The summed E-state index contributed by atoms with van der Waals surface area (Å²) in [5, 5.41) is 3.21. The fraction of sp³-hybridized carbons (Fsp3) is 0.500. The number of hydrogen-bond acceptors (Lipinski definition) is 4. The van der Waals surface area contributed by atoms with E-state index in [9.17, 15) is 4.79 Å². The van der Waals surface area contributed by atoms with Crippen molar-refractivity contribution in [1.82, 2.24) is 4.98 Å². The lowest BCUT2D eigenvalue weighted by molar-refractivity contribution is 0.100. The fourth-order valence-electron chi connectivity index (χ4n) is 1.93. The van der Waals surface area contributed by atoms with Crippen molar-refractivity contribution >= 4 is 17.4 Å². The molecule has 0 saturated heterocycles. The topological polar surface area (TPSA) is 94.0 Å². The molecule has 1 unspecified atom stereocenters. The Kier molecular flexibility index (Phi) is 2.69. The molecule has 0 radical (unpaired) electrons. The molecule has 1 heterocycles. The van der Waals surface area contributed by atoms with Crippen LogP contribution < -0.4 is 16.8 Å². The predicted molar refractivity (Wildman–Crippen MR) is 67.5 cm³/mol. The Morgan fingerprint density at radius 3 is 2.82 bits per heavy atom. The predicted octanol–water partition coefficient (Wildman–Crippen LogP) is 1.22. The van der Waals surface area contributed by atoms with Crippen LogP contribution in [0.25, 0.3) is 0 Å². The molecule has 0 spiro atoms. The number of amides is 1. The molecule has 1 aliphatic rings. The standard InChI is InChI=1S/C12H18N4O/c1-12(2)4-7(12)5-15-10-3-8(11(14)17)9(13)6-16-10/h3,6-7H,4-5,13H2,1-2H3,(H2,14,17)(H,15,16). The Hall–Kier alpha value is -1.78. The summed E-state index contributed by atoms with van der Waals surface area (Å²) in [4.78, 5) is 15.2. The van der Waals surface area contributed by atoms with Crippen molar-refractivity contribution in [2.75, 3.05) is 17.6 Å². The van der Waals surface area contributed by atoms with Gasteiger partial charge in [0, 0.05) is 6.54 Å². The van der Waals surface area contributed by atoms with Crippen LogP contribution in [0.1, 0.15) is 30.6 Å². The van der Waals surface area contributed by atoms with Gasteiger partial charge in [0.15, 0.2) is 0 Å². The van der Waals surface area contributed by atoms with Gasteiger partial charge >= 0.3 is 0 Å². The normalized spacial score (nSPS) is 20.9. The maximum absolute atomic E-state index is 11.1. The summed E-state index contributed by atoms with van der Waals surface area (Å²) in [5.41, 5.74) is 11.9. The van der Waals surface area contributed by atoms with E-state index in [0.29, 0.717) is 28.4 Å². The summed E-state index contributed by atoms with van der Waals surface area (Å²) in [6, 6.07) is 1.60. The maximum atomic E-state index is 11.1. The zero-order valence-corrected chi connectivity index (χ0v) is 10.2. The van der Waals surface area contributed by atoms with Gasteiger partial charge in [0.2, 0.25) is 0 Å². The number of nitrogens with two attached hydrogens (primary N) is 2. The summed E-state index contributed by atoms with van der Waals surface area (Å²) in [6.07, 6.45) is 2.68. The summed E-state index contributed by atoms with van der Waals surface area (Å²) in [7, 11) is 0. The Morgan fingerprint density at radius 2 is 2.29 bits per heavy atom. The Bertz CT molecular complexity index is 456. The highest BCUT2D eigenvalue weighted by molar-refractivity contribution is 5.98. The van der Waals surface area contributed by atoms with Gasteiger partial charge in [-0.1, -0.05) is 13.8 Å². The summed E-state index contributed by atoms with van der Waals surface area (Å²) < 4.78 is 0. The Labute approximate surface area is 101 Å². The van der Waals surface area contributed by atoms with Gasteiger partial charge in [-0.2, -0.15) is 0 Å². The minimum absolute atomic E-state index is 0.315. The Morgan fingerprint density at radius 1 is 1.65 bits per heavy atom. The SMILES string of the molecule is CC1(C)CC1CNc1cc(C(N)=O)c(N)cn1. The average Bonchev–Trinajstić information content (AvgIpc) is 2.85. The largest absolute Gasteiger partial charge is 0.397 e. The van der Waals surface area contributed by atoms with Gasteiger partial charge in [-0.3, -0.25) is 4.79 Å². The van der Waals surface area contributed by atoms with Crippen molar-refractivity contribution in [3.63, 3.8) is 0 Å². The van der Waals surface area contributed by atoms with Gasteiger partial charge in [-0.25, -0.2) is 4.98 Å². The van der Waals surface area contributed by atoms with Crippen molar-refractivity contribution in [2.24, 2.45) is 17.1 Å². The number of nitrogens with zero attached hydrogens (tertiary/aromatic N) is 1. The van der Waals surface area contributed by atoms with Gasteiger partial charge in [0.05, 0.1) is 17.4 Å². The zero-order chi connectivity index (χ0) is 12.6. The number of primary amides is 1. The first-order valence-electron chi connectivity index (χ1n) is 5.69. The number of carbonyl (C=O) groups is 1. The molecule has 0 aliphatic heterocycles. The molecule has 0 aromatic carbocycles. The van der Waals surface area contributed by atoms with E-state index in [1.807, 2.05) is 0 Å². The van der Waals surface area contributed by atoms with Crippen LogP contribution in [0.4, 0.5) is 11.5 Å². The second kappa shape index (κ2) is 3.91. The van der Waals surface area contributed by atoms with Crippen LogP contribution >= 0.6 is 0 Å². The molecule has 1 fully saturated rings. The molecule has 1 aromatic rings. The molecule has 1 aromatic heterocycles. The molecule has 1 amide bonds. The lowest BCUT2D eigenvalue weighted by Gasteiger charge is -2.08. The van der Waals surface area contributed by atoms with Gasteiger partial charge in [0.25, 0.3) is 5.91 Å². The third kappa shape index (κ3) is 2.49. The molecule has 0 bridgehead atoms. The highest BCUT2D eigenvalue weighted by atomic mass is 16.1. The molecule has 1 aliphatic carbocycles. The van der Waals surface area contributed by atoms with Crippen LogP contribution in [0.15, 0.2) is 12.3 Å². The van der Waals surface area contributed by atoms with Crippen molar-refractivity contribution in [1.29, 1.82) is 0 Å². The highest BCUT2D eigenvalue weighted by Crippen LogP contribution is 2.51. The number of aromatic nitrogens is 1. The third-order valence-corrected chi connectivity index (χ3v) is 3.45. The molecule has 1 saturated carbocycles. The fourth-order valence-corrected chi connectivity index (χ4v) is 1.93. The number of hydrogen-bond donors (Lipinski definition) is 3. The van der Waals surface area contributed by atoms with E-state index in [1.165, 1.54) is 12.6 Å². The first-order valence-corrected chi connectivity index (χ1v) is 5.69. The van der Waals surface area contributed by atoms with Crippen molar-refractivity contribution in [3.8, 4) is 0 Å². The summed E-state index contributed by atoms with van der Waals surface area (Å²) in [5.74, 6) is 0.786. The van der Waals surface area contributed by atoms with Gasteiger partial charge in [-0.15, -0.1) is 0 Å². The van der Waals surface area contributed by atoms with Crippen molar-refractivity contribution < 1.29 is 4.79 Å². The molecular weight excluding hydrogens is 216 g/mol. The number of pyridine rings is 1. The lowest BCUT2D eigenvalue weighted by atomic mass is 10.1. The van der Waals surface area contributed by atoms with Crippen LogP contribution in [0.3, 0.4) is 0 Å². The molecule has 5 N–H and O–H groups in total. The molecule has 92 valence electrons. The second-order valence-corrected chi connectivity index (χ2v) is 5.29. The lowest BCUT2D eigenvalue weighted by Crippen LogP contribution is -2.15. The van der Waals surface area contributed by atoms with E-state index in [-0.39, 0.29) is 0 Å². The van der Waals surface area contributed by atoms with Gasteiger partial charge in [-0.05, 0) is 23.8 Å². The van der Waals surface area contributed by atoms with Gasteiger partial charge in [0.1, 0.15) is 5.82 Å². The number of rotatable bonds is 4. The monoisotopic (exact) mass is 234 g/mol. The first kappa shape index (κ1) is 11.7. The average molecular weight is 234 g/mol. The molecular formula is C12H18N4O. The zero-order valence-electron chi connectivity index (χ0n) is 10.2. The van der Waals surface area contributed by atoms with E-state index in [0.717, 1.165) is 6.54 Å². The van der Waals surface area contributed by atoms with E-state index < -0.39 is 5.91 Å². The highest BCUT2D eigenvalue weighted by Gasteiger charge is 2.44. The smallest absolute Gasteiger partial charge is 0.250 e. The van der Waals surface area contributed by atoms with Crippen molar-refractivity contribution in [2.45, 2.75) is 20.3 Å². The van der Waals surface area contributed by atoms with E-state index in [4.69, 9.17) is 11.5 Å². The van der Waals surface area contributed by atoms with Crippen LogP contribution in [0.5, 0.6) is 0 Å². The van der Waals surface area contributed by atoms with Crippen LogP contribution in [0.2, 0.25) is 0 Å². The van der Waals surface area contributed by atoms with Crippen LogP contribution in [-0.4, -0.2) is 17.4 Å². The molecule has 5 heteroatoms. The minimum Gasteiger partial charge on any atom is -0.397 e. The molecule has 5 nitrogen and oxygen atoms in total. The summed E-state index contributed by atoms with van der Waals surface area (Å²) in [6.45, 7) is 5.34.